The predicted octanol–water partition coefficient (Wildman–Crippen LogP) is 2.04. The molecule has 0 aromatic carbocycles. The van der Waals surface area contributed by atoms with Crippen LogP contribution < -0.4 is 5.32 Å². The number of hydrogen-bond donors (Lipinski definition) is 1. The quantitative estimate of drug-likeness (QED) is 0.725. The number of piperazine rings is 1. The second kappa shape index (κ2) is 7.21. The van der Waals surface area contributed by atoms with E-state index in [-0.39, 0.29) is 5.54 Å². The van der Waals surface area contributed by atoms with E-state index >= 15 is 0 Å². The van der Waals surface area contributed by atoms with Crippen LogP contribution in [0.3, 0.4) is 0 Å². The zero-order chi connectivity index (χ0) is 14.5. The van der Waals surface area contributed by atoms with Crippen LogP contribution in [0.25, 0.3) is 0 Å². The molecule has 0 radical (unpaired) electrons. The molecule has 1 aliphatic heterocycles. The highest BCUT2D eigenvalue weighted by Gasteiger charge is 2.43. The Kier molecular flexibility index (Phi) is 5.84. The third-order valence-electron chi connectivity index (χ3n) is 4.95. The molecule has 1 heterocycles. The van der Waals surface area contributed by atoms with Gasteiger partial charge in [-0.3, -0.25) is 4.90 Å². The van der Waals surface area contributed by atoms with Crippen LogP contribution in [0, 0.1) is 0 Å². The summed E-state index contributed by atoms with van der Waals surface area (Å²) in [4.78, 5) is 2.68. The van der Waals surface area contributed by atoms with Crippen LogP contribution in [-0.4, -0.2) is 62.5 Å². The van der Waals surface area contributed by atoms with Gasteiger partial charge in [0.1, 0.15) is 0 Å². The van der Waals surface area contributed by atoms with Gasteiger partial charge in [0.15, 0.2) is 0 Å². The van der Waals surface area contributed by atoms with Crippen molar-refractivity contribution in [3.8, 4) is 0 Å². The first-order valence-electron chi connectivity index (χ1n) is 8.15. The highest BCUT2D eigenvalue weighted by atomic mass is 16.5. The van der Waals surface area contributed by atoms with Gasteiger partial charge >= 0.3 is 0 Å². The maximum absolute atomic E-state index is 5.58. The van der Waals surface area contributed by atoms with Crippen LogP contribution in [0.2, 0.25) is 0 Å². The third-order valence-corrected chi connectivity index (χ3v) is 4.95. The van der Waals surface area contributed by atoms with Crippen LogP contribution in [0.5, 0.6) is 0 Å². The van der Waals surface area contributed by atoms with Gasteiger partial charge in [0, 0.05) is 44.4 Å². The highest BCUT2D eigenvalue weighted by Crippen LogP contribution is 2.35. The average molecular weight is 284 g/mol. The molecular weight excluding hydrogens is 252 g/mol. The second-order valence-electron chi connectivity index (χ2n) is 7.03. The Morgan fingerprint density at radius 2 is 1.85 bits per heavy atom. The maximum Gasteiger partial charge on any atom is 0.0700 e. The first-order valence-corrected chi connectivity index (χ1v) is 8.15. The van der Waals surface area contributed by atoms with Crippen LogP contribution in [0.4, 0.5) is 0 Å². The van der Waals surface area contributed by atoms with Gasteiger partial charge in [-0.15, -0.1) is 0 Å². The van der Waals surface area contributed by atoms with E-state index in [4.69, 9.17) is 9.47 Å². The minimum atomic E-state index is 0.264. The summed E-state index contributed by atoms with van der Waals surface area (Å²) in [7, 11) is 1.72. The van der Waals surface area contributed by atoms with Crippen LogP contribution in [0.15, 0.2) is 0 Å². The Bertz CT molecular complexity index is 288. The fraction of sp³-hybridized carbons (Fsp3) is 1.00. The molecule has 4 heteroatoms. The molecule has 1 aliphatic carbocycles. The molecule has 1 N–H and O–H groups in total. The molecule has 0 unspecified atom stereocenters. The molecule has 20 heavy (non-hydrogen) atoms. The molecule has 0 atom stereocenters. The summed E-state index contributed by atoms with van der Waals surface area (Å²) in [6, 6.07) is 0. The van der Waals surface area contributed by atoms with E-state index in [2.05, 4.69) is 24.1 Å². The number of nitrogens with zero attached hydrogens (tertiary/aromatic N) is 1. The lowest BCUT2D eigenvalue weighted by Crippen LogP contribution is -2.67. The van der Waals surface area contributed by atoms with Gasteiger partial charge in [0.2, 0.25) is 0 Å². The van der Waals surface area contributed by atoms with Crippen molar-refractivity contribution in [3.05, 3.63) is 0 Å². The Morgan fingerprint density at radius 3 is 2.55 bits per heavy atom. The van der Waals surface area contributed by atoms with Crippen molar-refractivity contribution in [1.29, 1.82) is 0 Å². The first kappa shape index (κ1) is 16.2. The summed E-state index contributed by atoms with van der Waals surface area (Å²) < 4.78 is 10.6. The summed E-state index contributed by atoms with van der Waals surface area (Å²) >= 11 is 0. The normalized spacial score (nSPS) is 25.4. The smallest absolute Gasteiger partial charge is 0.0700 e. The van der Waals surface area contributed by atoms with Crippen molar-refractivity contribution in [3.63, 3.8) is 0 Å². The van der Waals surface area contributed by atoms with Gasteiger partial charge in [0.25, 0.3) is 0 Å². The van der Waals surface area contributed by atoms with Crippen molar-refractivity contribution in [2.45, 2.75) is 57.0 Å². The molecule has 1 saturated heterocycles. The standard InChI is InChI=1S/C16H32N2O2/c1-15(2)13-17-16(7-4-5-8-16)14-18(15)9-6-10-20-12-11-19-3/h17H,4-14H2,1-3H3. The number of nitrogens with one attached hydrogen (secondary N) is 1. The lowest BCUT2D eigenvalue weighted by Gasteiger charge is -2.51. The van der Waals surface area contributed by atoms with Crippen molar-refractivity contribution in [1.82, 2.24) is 10.2 Å². The monoisotopic (exact) mass is 284 g/mol. The minimum absolute atomic E-state index is 0.264. The Labute approximate surface area is 124 Å². The van der Waals surface area contributed by atoms with Gasteiger partial charge in [-0.05, 0) is 33.1 Å². The van der Waals surface area contributed by atoms with E-state index in [1.165, 1.54) is 32.2 Å². The van der Waals surface area contributed by atoms with E-state index in [1.54, 1.807) is 7.11 Å². The first-order chi connectivity index (χ1) is 9.58. The van der Waals surface area contributed by atoms with Gasteiger partial charge in [-0.2, -0.15) is 0 Å². The van der Waals surface area contributed by atoms with Gasteiger partial charge < -0.3 is 14.8 Å². The summed E-state index contributed by atoms with van der Waals surface area (Å²) in [5.74, 6) is 0. The molecule has 1 spiro atoms. The van der Waals surface area contributed by atoms with Crippen molar-refractivity contribution >= 4 is 0 Å². The SMILES string of the molecule is COCCOCCCN1CC2(CCCC2)NCC1(C)C. The summed E-state index contributed by atoms with van der Waals surface area (Å²) in [5, 5.41) is 3.84. The number of hydrogen-bond acceptors (Lipinski definition) is 4. The lowest BCUT2D eigenvalue weighted by atomic mass is 9.87. The Balaban J connectivity index is 1.75. The minimum Gasteiger partial charge on any atom is -0.382 e. The van der Waals surface area contributed by atoms with E-state index < -0.39 is 0 Å². The van der Waals surface area contributed by atoms with Crippen LogP contribution in [0.1, 0.15) is 46.0 Å². The maximum atomic E-state index is 5.58. The third kappa shape index (κ3) is 4.17. The van der Waals surface area contributed by atoms with Crippen molar-refractivity contribution in [2.24, 2.45) is 0 Å². The molecule has 1 saturated carbocycles. The van der Waals surface area contributed by atoms with E-state index in [1.807, 2.05) is 0 Å². The molecule has 0 aromatic heterocycles. The summed E-state index contributed by atoms with van der Waals surface area (Å²) in [5.41, 5.74) is 0.673. The van der Waals surface area contributed by atoms with Crippen molar-refractivity contribution < 1.29 is 9.47 Å². The molecule has 118 valence electrons. The molecule has 2 rings (SSSR count). The zero-order valence-electron chi connectivity index (χ0n) is 13.5. The number of rotatable bonds is 7. The van der Waals surface area contributed by atoms with E-state index in [0.717, 1.165) is 26.1 Å². The van der Waals surface area contributed by atoms with Gasteiger partial charge in [-0.1, -0.05) is 12.8 Å². The van der Waals surface area contributed by atoms with Crippen LogP contribution in [-0.2, 0) is 9.47 Å². The lowest BCUT2D eigenvalue weighted by molar-refractivity contribution is 0.0153. The molecule has 0 aromatic rings. The molecule has 4 nitrogen and oxygen atoms in total. The molecule has 2 aliphatic rings. The largest absolute Gasteiger partial charge is 0.382 e. The molecule has 0 bridgehead atoms. The van der Waals surface area contributed by atoms with E-state index in [9.17, 15) is 0 Å². The predicted molar refractivity (Wildman–Crippen MR) is 82.2 cm³/mol. The summed E-state index contributed by atoms with van der Waals surface area (Å²) in [6.07, 6.45) is 6.60. The number of ether oxygens (including phenoxy) is 2. The molecular formula is C16H32N2O2. The summed E-state index contributed by atoms with van der Waals surface area (Å²) in [6.45, 7) is 10.4. The highest BCUT2D eigenvalue weighted by molar-refractivity contribution is 5.03. The molecule has 2 fully saturated rings. The van der Waals surface area contributed by atoms with E-state index in [0.29, 0.717) is 18.8 Å². The number of methoxy groups -OCH3 is 1. The Hall–Kier alpha value is -0.160. The zero-order valence-corrected chi connectivity index (χ0v) is 13.5. The topological polar surface area (TPSA) is 33.7 Å². The Morgan fingerprint density at radius 1 is 1.10 bits per heavy atom. The van der Waals surface area contributed by atoms with Gasteiger partial charge in [-0.25, -0.2) is 0 Å². The average Bonchev–Trinajstić information content (AvgIpc) is 2.87. The van der Waals surface area contributed by atoms with Crippen molar-refractivity contribution in [2.75, 3.05) is 46.6 Å². The fourth-order valence-electron chi connectivity index (χ4n) is 3.52. The van der Waals surface area contributed by atoms with Crippen LogP contribution >= 0.6 is 0 Å². The van der Waals surface area contributed by atoms with Gasteiger partial charge in [0.05, 0.1) is 13.2 Å². The molecule has 0 amide bonds. The second-order valence-corrected chi connectivity index (χ2v) is 7.03. The fourth-order valence-corrected chi connectivity index (χ4v) is 3.52.